The Bertz CT molecular complexity index is 985. The monoisotopic (exact) mass is 367 g/mol. The Kier molecular flexibility index (Phi) is 4.49. The van der Waals surface area contributed by atoms with E-state index in [1.54, 1.807) is 0 Å². The number of hydrogen-bond acceptors (Lipinski definition) is 6. The van der Waals surface area contributed by atoms with Gasteiger partial charge in [-0.1, -0.05) is 12.1 Å². The minimum Gasteiger partial charge on any atom is -0.369 e. The lowest BCUT2D eigenvalue weighted by atomic mass is 10.2. The summed E-state index contributed by atoms with van der Waals surface area (Å²) in [5.41, 5.74) is 7.22. The minimum atomic E-state index is -0.276. The molecule has 0 spiro atoms. The first-order chi connectivity index (χ1) is 13.1. The molecule has 1 fully saturated rings. The molecular formula is C18H21N7O2. The normalized spacial score (nSPS) is 14.7. The highest BCUT2D eigenvalue weighted by molar-refractivity contribution is 5.77. The van der Waals surface area contributed by atoms with E-state index in [4.69, 9.17) is 5.73 Å². The molecule has 4 N–H and O–H groups in total. The van der Waals surface area contributed by atoms with Gasteiger partial charge >= 0.3 is 0 Å². The van der Waals surface area contributed by atoms with Gasteiger partial charge in [0.2, 0.25) is 11.9 Å². The van der Waals surface area contributed by atoms with Gasteiger partial charge in [-0.2, -0.15) is 4.98 Å². The number of nitrogen functional groups attached to an aromatic ring is 1. The Morgan fingerprint density at radius 3 is 2.63 bits per heavy atom. The molecule has 1 amide bonds. The van der Waals surface area contributed by atoms with Gasteiger partial charge < -0.3 is 20.5 Å². The molecule has 1 aromatic carbocycles. The molecule has 9 nitrogen and oxygen atoms in total. The van der Waals surface area contributed by atoms with Crippen LogP contribution in [0.15, 0.2) is 35.1 Å². The molecule has 2 aromatic heterocycles. The number of anilines is 2. The van der Waals surface area contributed by atoms with E-state index in [0.29, 0.717) is 44.8 Å². The Morgan fingerprint density at radius 1 is 1.11 bits per heavy atom. The van der Waals surface area contributed by atoms with Gasteiger partial charge in [0.25, 0.3) is 5.56 Å². The average Bonchev–Trinajstić information content (AvgIpc) is 3.08. The van der Waals surface area contributed by atoms with Crippen LogP contribution in [0.1, 0.15) is 12.2 Å². The number of aromatic amines is 2. The van der Waals surface area contributed by atoms with Crippen LogP contribution < -0.4 is 16.2 Å². The second kappa shape index (κ2) is 7.10. The van der Waals surface area contributed by atoms with Crippen molar-refractivity contribution in [3.05, 3.63) is 46.5 Å². The van der Waals surface area contributed by atoms with Gasteiger partial charge in [-0.3, -0.25) is 14.6 Å². The number of aromatic nitrogens is 4. The van der Waals surface area contributed by atoms with Gasteiger partial charge in [-0.25, -0.2) is 4.98 Å². The van der Waals surface area contributed by atoms with E-state index in [2.05, 4.69) is 19.9 Å². The van der Waals surface area contributed by atoms with Crippen molar-refractivity contribution < 1.29 is 4.79 Å². The summed E-state index contributed by atoms with van der Waals surface area (Å²) in [6.45, 7) is 2.42. The number of fused-ring (bicyclic) bond motifs is 1. The summed E-state index contributed by atoms with van der Waals surface area (Å²) in [6, 6.07) is 9.25. The van der Waals surface area contributed by atoms with Crippen molar-refractivity contribution in [3.8, 4) is 0 Å². The summed E-state index contributed by atoms with van der Waals surface area (Å²) in [4.78, 5) is 42.2. The number of aryl methyl sites for hydroxylation is 1. The maximum Gasteiger partial charge on any atom is 0.254 e. The number of H-pyrrole nitrogens is 2. The Morgan fingerprint density at radius 2 is 1.89 bits per heavy atom. The van der Waals surface area contributed by atoms with Gasteiger partial charge in [0.05, 0.1) is 11.0 Å². The number of carbonyl (C=O) groups is 1. The second-order valence-corrected chi connectivity index (χ2v) is 6.56. The first-order valence-corrected chi connectivity index (χ1v) is 8.92. The van der Waals surface area contributed by atoms with Crippen LogP contribution in [0.2, 0.25) is 0 Å². The van der Waals surface area contributed by atoms with E-state index in [-0.39, 0.29) is 17.4 Å². The molecule has 0 aliphatic carbocycles. The van der Waals surface area contributed by atoms with Crippen LogP contribution in [0.5, 0.6) is 0 Å². The van der Waals surface area contributed by atoms with Crippen LogP contribution in [0, 0.1) is 0 Å². The zero-order valence-electron chi connectivity index (χ0n) is 14.8. The first-order valence-electron chi connectivity index (χ1n) is 8.92. The predicted molar refractivity (Wildman–Crippen MR) is 102 cm³/mol. The molecule has 0 bridgehead atoms. The van der Waals surface area contributed by atoms with Crippen LogP contribution in [0.4, 0.5) is 11.8 Å². The lowest BCUT2D eigenvalue weighted by molar-refractivity contribution is -0.131. The first kappa shape index (κ1) is 17.1. The maximum atomic E-state index is 12.5. The molecule has 4 rings (SSSR count). The van der Waals surface area contributed by atoms with Crippen molar-refractivity contribution >= 4 is 28.7 Å². The highest BCUT2D eigenvalue weighted by Crippen LogP contribution is 2.14. The molecule has 0 saturated carbocycles. The number of rotatable bonds is 4. The van der Waals surface area contributed by atoms with E-state index in [1.807, 2.05) is 34.1 Å². The largest absolute Gasteiger partial charge is 0.369 e. The van der Waals surface area contributed by atoms with Crippen molar-refractivity contribution in [3.63, 3.8) is 0 Å². The average molecular weight is 367 g/mol. The minimum absolute atomic E-state index is 0.0989. The highest BCUT2D eigenvalue weighted by atomic mass is 16.2. The number of carbonyl (C=O) groups excluding carboxylic acids is 1. The molecule has 0 unspecified atom stereocenters. The standard InChI is InChI=1S/C18H21N7O2/c19-18-22-15(11-16(26)23-18)24-7-9-25(10-8-24)17(27)6-5-14-20-12-3-1-2-4-13(12)21-14/h1-4,11H,5-10H2,(H,20,21)(H3,19,22,23,26). The zero-order valence-corrected chi connectivity index (χ0v) is 14.8. The third-order valence-corrected chi connectivity index (χ3v) is 4.72. The lowest BCUT2D eigenvalue weighted by Gasteiger charge is -2.35. The molecule has 3 heterocycles. The number of amides is 1. The Labute approximate surface area is 155 Å². The molecule has 0 atom stereocenters. The van der Waals surface area contributed by atoms with Crippen LogP contribution in [0.3, 0.4) is 0 Å². The molecular weight excluding hydrogens is 346 g/mol. The van der Waals surface area contributed by atoms with Gasteiger partial charge in [0.1, 0.15) is 11.6 Å². The second-order valence-electron chi connectivity index (χ2n) is 6.56. The SMILES string of the molecule is Nc1nc(N2CCN(C(=O)CCc3nc4ccccc4[nH]3)CC2)cc(=O)[nH]1. The smallest absolute Gasteiger partial charge is 0.254 e. The summed E-state index contributed by atoms with van der Waals surface area (Å²) in [5.74, 6) is 1.58. The molecule has 140 valence electrons. The van der Waals surface area contributed by atoms with Crippen molar-refractivity contribution in [1.82, 2.24) is 24.8 Å². The molecule has 9 heteroatoms. The van der Waals surface area contributed by atoms with E-state index in [9.17, 15) is 9.59 Å². The molecule has 27 heavy (non-hydrogen) atoms. The van der Waals surface area contributed by atoms with Gasteiger partial charge in [0, 0.05) is 45.1 Å². The zero-order chi connectivity index (χ0) is 18.8. The fraction of sp³-hybridized carbons (Fsp3) is 0.333. The number of benzene rings is 1. The van der Waals surface area contributed by atoms with Crippen LogP contribution in [-0.2, 0) is 11.2 Å². The number of nitrogens with zero attached hydrogens (tertiary/aromatic N) is 4. The summed E-state index contributed by atoms with van der Waals surface area (Å²) < 4.78 is 0. The fourth-order valence-corrected chi connectivity index (χ4v) is 3.32. The van der Waals surface area contributed by atoms with Crippen molar-refractivity contribution in [1.29, 1.82) is 0 Å². The van der Waals surface area contributed by atoms with Crippen molar-refractivity contribution in [2.45, 2.75) is 12.8 Å². The predicted octanol–water partition coefficient (Wildman–Crippen LogP) is 0.510. The summed E-state index contributed by atoms with van der Waals surface area (Å²) in [6.07, 6.45) is 0.996. The van der Waals surface area contributed by atoms with Crippen LogP contribution >= 0.6 is 0 Å². The molecule has 1 aliphatic heterocycles. The summed E-state index contributed by atoms with van der Waals surface area (Å²) in [7, 11) is 0. The van der Waals surface area contributed by atoms with E-state index >= 15 is 0 Å². The van der Waals surface area contributed by atoms with E-state index < -0.39 is 0 Å². The van der Waals surface area contributed by atoms with Gasteiger partial charge in [-0.05, 0) is 12.1 Å². The summed E-state index contributed by atoms with van der Waals surface area (Å²) >= 11 is 0. The van der Waals surface area contributed by atoms with Gasteiger partial charge in [0.15, 0.2) is 0 Å². The summed E-state index contributed by atoms with van der Waals surface area (Å²) in [5, 5.41) is 0. The Balaban J connectivity index is 1.32. The van der Waals surface area contributed by atoms with Gasteiger partial charge in [-0.15, -0.1) is 0 Å². The molecule has 3 aromatic rings. The quantitative estimate of drug-likeness (QED) is 0.617. The van der Waals surface area contributed by atoms with E-state index in [0.717, 1.165) is 16.9 Å². The van der Waals surface area contributed by atoms with Crippen molar-refractivity contribution in [2.75, 3.05) is 36.8 Å². The fourth-order valence-electron chi connectivity index (χ4n) is 3.32. The number of para-hydroxylation sites is 2. The van der Waals surface area contributed by atoms with Crippen LogP contribution in [-0.4, -0.2) is 56.9 Å². The highest BCUT2D eigenvalue weighted by Gasteiger charge is 2.22. The third-order valence-electron chi connectivity index (χ3n) is 4.72. The molecule has 1 saturated heterocycles. The number of imidazole rings is 1. The van der Waals surface area contributed by atoms with Crippen LogP contribution in [0.25, 0.3) is 11.0 Å². The number of nitrogens with two attached hydrogens (primary N) is 1. The topological polar surface area (TPSA) is 124 Å². The molecule has 1 aliphatic rings. The Hall–Kier alpha value is -3.36. The van der Waals surface area contributed by atoms with E-state index in [1.165, 1.54) is 6.07 Å². The number of piperazine rings is 1. The molecule has 0 radical (unpaired) electrons. The third kappa shape index (κ3) is 3.76. The lowest BCUT2D eigenvalue weighted by Crippen LogP contribution is -2.49. The van der Waals surface area contributed by atoms with Crippen molar-refractivity contribution in [2.24, 2.45) is 0 Å². The number of nitrogens with one attached hydrogen (secondary N) is 2. The number of hydrogen-bond donors (Lipinski definition) is 3. The maximum absolute atomic E-state index is 12.5.